The minimum Gasteiger partial charge on any atom is -0.389 e. The van der Waals surface area contributed by atoms with E-state index in [0.717, 1.165) is 16.7 Å². The van der Waals surface area contributed by atoms with Crippen molar-refractivity contribution < 1.29 is 9.84 Å². The van der Waals surface area contributed by atoms with Crippen molar-refractivity contribution in [3.05, 3.63) is 142 Å². The number of aryl methyl sites for hydroxylation is 3. The normalized spacial score (nSPS) is 13.8. The van der Waals surface area contributed by atoms with E-state index in [1.54, 1.807) is 11.8 Å². The molecule has 0 bridgehead atoms. The van der Waals surface area contributed by atoms with Crippen LogP contribution in [0.2, 0.25) is 0 Å². The lowest BCUT2D eigenvalue weighted by atomic mass is 9.80. The molecule has 0 saturated heterocycles. The molecular weight excluding hydrogens is 484 g/mol. The van der Waals surface area contributed by atoms with Gasteiger partial charge in [0, 0.05) is 4.75 Å². The lowest BCUT2D eigenvalue weighted by Crippen LogP contribution is -2.37. The summed E-state index contributed by atoms with van der Waals surface area (Å²) in [5, 5.41) is 11.8. The number of hydrogen-bond acceptors (Lipinski definition) is 3. The Hall–Kier alpha value is -2.85. The summed E-state index contributed by atoms with van der Waals surface area (Å²) in [5.74, 6) is 0. The van der Waals surface area contributed by atoms with Gasteiger partial charge in [-0.1, -0.05) is 129 Å². The van der Waals surface area contributed by atoms with E-state index in [2.05, 4.69) is 90.1 Å². The highest BCUT2D eigenvalue weighted by Crippen LogP contribution is 2.45. The van der Waals surface area contributed by atoms with Crippen LogP contribution in [-0.2, 0) is 10.3 Å². The SMILES string of the molecule is Cc1cc(C)c([C@@H](SC(C)(C)C)[C@H](O)COC(c2ccccc2)(c2ccccc2)c2ccccc2)c(C)c1. The summed E-state index contributed by atoms with van der Waals surface area (Å²) in [4.78, 5) is 0. The van der Waals surface area contributed by atoms with E-state index in [4.69, 9.17) is 4.74 Å². The van der Waals surface area contributed by atoms with E-state index in [-0.39, 0.29) is 16.6 Å². The Labute approximate surface area is 233 Å². The Kier molecular flexibility index (Phi) is 8.82. The summed E-state index contributed by atoms with van der Waals surface area (Å²) < 4.78 is 6.97. The molecule has 0 radical (unpaired) electrons. The second-order valence-electron chi connectivity index (χ2n) is 11.1. The fourth-order valence-corrected chi connectivity index (χ4v) is 6.90. The molecule has 1 N–H and O–H groups in total. The average molecular weight is 525 g/mol. The third-order valence-electron chi connectivity index (χ3n) is 6.86. The van der Waals surface area contributed by atoms with E-state index in [1.165, 1.54) is 22.3 Å². The minimum absolute atomic E-state index is 0.0369. The summed E-state index contributed by atoms with van der Waals surface area (Å²) in [6.07, 6.45) is -0.713. The summed E-state index contributed by atoms with van der Waals surface area (Å²) >= 11 is 1.81. The Morgan fingerprint density at radius 3 is 1.45 bits per heavy atom. The van der Waals surface area contributed by atoms with Gasteiger partial charge in [0.2, 0.25) is 0 Å². The number of rotatable bonds is 9. The highest BCUT2D eigenvalue weighted by atomic mass is 32.2. The van der Waals surface area contributed by atoms with E-state index in [9.17, 15) is 5.11 Å². The van der Waals surface area contributed by atoms with Crippen LogP contribution in [0.4, 0.5) is 0 Å². The molecule has 0 aliphatic rings. The van der Waals surface area contributed by atoms with Gasteiger partial charge in [0.15, 0.2) is 0 Å². The molecule has 0 saturated carbocycles. The Balaban J connectivity index is 1.80. The van der Waals surface area contributed by atoms with Crippen molar-refractivity contribution in [3.8, 4) is 0 Å². The molecule has 0 unspecified atom stereocenters. The molecular formula is C35H40O2S. The molecule has 38 heavy (non-hydrogen) atoms. The van der Waals surface area contributed by atoms with Gasteiger partial charge in [-0.05, 0) is 54.2 Å². The number of benzene rings is 4. The van der Waals surface area contributed by atoms with Crippen molar-refractivity contribution in [1.82, 2.24) is 0 Å². The van der Waals surface area contributed by atoms with E-state index >= 15 is 0 Å². The second kappa shape index (κ2) is 11.9. The first-order valence-electron chi connectivity index (χ1n) is 13.4. The quantitative estimate of drug-likeness (QED) is 0.222. The Bertz CT molecular complexity index is 1190. The first kappa shape index (κ1) is 28.2. The molecule has 3 heteroatoms. The second-order valence-corrected chi connectivity index (χ2v) is 13.1. The lowest BCUT2D eigenvalue weighted by Gasteiger charge is -2.38. The summed E-state index contributed by atoms with van der Waals surface area (Å²) in [6, 6.07) is 35.5. The fourth-order valence-electron chi connectivity index (χ4n) is 5.42. The highest BCUT2D eigenvalue weighted by Gasteiger charge is 2.39. The zero-order chi connectivity index (χ0) is 27.3. The van der Waals surface area contributed by atoms with Crippen LogP contribution in [0.25, 0.3) is 0 Å². The molecule has 0 spiro atoms. The minimum atomic E-state index is -0.862. The third-order valence-corrected chi connectivity index (χ3v) is 8.37. The van der Waals surface area contributed by atoms with Crippen LogP contribution in [0.15, 0.2) is 103 Å². The van der Waals surface area contributed by atoms with Gasteiger partial charge in [0.1, 0.15) is 5.60 Å². The van der Waals surface area contributed by atoms with E-state index < -0.39 is 11.7 Å². The van der Waals surface area contributed by atoms with Crippen LogP contribution in [0.3, 0.4) is 0 Å². The summed E-state index contributed by atoms with van der Waals surface area (Å²) in [6.45, 7) is 13.2. The molecule has 4 aromatic carbocycles. The smallest absolute Gasteiger partial charge is 0.143 e. The standard InChI is InChI=1S/C35H40O2S/c1-25-22-26(2)32(27(3)23-25)33(38-34(4,5)6)31(36)24-37-35(28-16-10-7-11-17-28,29-18-12-8-13-19-29)30-20-14-9-15-21-30/h7-23,31,33,36H,24H2,1-6H3/t31-,33+/m1/s1. The molecule has 2 nitrogen and oxygen atoms in total. The van der Waals surface area contributed by atoms with Crippen LogP contribution in [0.5, 0.6) is 0 Å². The van der Waals surface area contributed by atoms with Crippen molar-refractivity contribution >= 4 is 11.8 Å². The lowest BCUT2D eigenvalue weighted by molar-refractivity contribution is -0.0385. The molecule has 4 rings (SSSR count). The molecule has 0 aromatic heterocycles. The predicted octanol–water partition coefficient (Wildman–Crippen LogP) is 8.55. The highest BCUT2D eigenvalue weighted by molar-refractivity contribution is 8.00. The van der Waals surface area contributed by atoms with Gasteiger partial charge >= 0.3 is 0 Å². The summed E-state index contributed by atoms with van der Waals surface area (Å²) in [5.41, 5.74) is 7.11. The first-order chi connectivity index (χ1) is 18.1. The van der Waals surface area contributed by atoms with E-state index in [1.807, 2.05) is 54.6 Å². The predicted molar refractivity (Wildman–Crippen MR) is 162 cm³/mol. The number of ether oxygens (including phenoxy) is 1. The van der Waals surface area contributed by atoms with Gasteiger partial charge in [0.25, 0.3) is 0 Å². The van der Waals surface area contributed by atoms with Crippen LogP contribution in [-0.4, -0.2) is 22.6 Å². The number of thioether (sulfide) groups is 1. The molecule has 0 fully saturated rings. The van der Waals surface area contributed by atoms with Gasteiger partial charge in [-0.15, -0.1) is 11.8 Å². The fraction of sp³-hybridized carbons (Fsp3) is 0.314. The zero-order valence-electron chi connectivity index (χ0n) is 23.4. The van der Waals surface area contributed by atoms with Gasteiger partial charge < -0.3 is 9.84 Å². The molecule has 0 aliphatic heterocycles. The maximum Gasteiger partial charge on any atom is 0.143 e. The molecule has 4 aromatic rings. The molecule has 2 atom stereocenters. The zero-order valence-corrected chi connectivity index (χ0v) is 24.3. The van der Waals surface area contributed by atoms with Gasteiger partial charge in [-0.25, -0.2) is 0 Å². The maximum absolute atomic E-state index is 11.9. The van der Waals surface area contributed by atoms with Crippen LogP contribution < -0.4 is 0 Å². The van der Waals surface area contributed by atoms with Crippen LogP contribution >= 0.6 is 11.8 Å². The topological polar surface area (TPSA) is 29.5 Å². The molecule has 198 valence electrons. The Morgan fingerprint density at radius 1 is 0.684 bits per heavy atom. The third kappa shape index (κ3) is 6.23. The molecule has 0 heterocycles. The van der Waals surface area contributed by atoms with Gasteiger partial charge in [-0.2, -0.15) is 0 Å². The van der Waals surface area contributed by atoms with Gasteiger partial charge in [-0.3, -0.25) is 0 Å². The molecule has 0 aliphatic carbocycles. The number of hydrogen-bond donors (Lipinski definition) is 1. The van der Waals surface area contributed by atoms with E-state index in [0.29, 0.717) is 0 Å². The monoisotopic (exact) mass is 524 g/mol. The number of aliphatic hydroxyl groups excluding tert-OH is 1. The van der Waals surface area contributed by atoms with Crippen molar-refractivity contribution in [1.29, 1.82) is 0 Å². The maximum atomic E-state index is 11.9. The average Bonchev–Trinajstić information content (AvgIpc) is 2.89. The van der Waals surface area contributed by atoms with Crippen molar-refractivity contribution in [2.75, 3.05) is 6.61 Å². The molecule has 0 amide bonds. The Morgan fingerprint density at radius 2 is 1.08 bits per heavy atom. The van der Waals surface area contributed by atoms with Crippen molar-refractivity contribution in [2.45, 2.75) is 63.2 Å². The van der Waals surface area contributed by atoms with Crippen LogP contribution in [0.1, 0.15) is 65.0 Å². The van der Waals surface area contributed by atoms with Crippen molar-refractivity contribution in [3.63, 3.8) is 0 Å². The van der Waals surface area contributed by atoms with Crippen molar-refractivity contribution in [2.24, 2.45) is 0 Å². The van der Waals surface area contributed by atoms with Crippen LogP contribution in [0, 0.1) is 20.8 Å². The summed E-state index contributed by atoms with van der Waals surface area (Å²) in [7, 11) is 0. The first-order valence-corrected chi connectivity index (χ1v) is 14.2. The number of aliphatic hydroxyl groups is 1. The van der Waals surface area contributed by atoms with Gasteiger partial charge in [0.05, 0.1) is 18.0 Å². The largest absolute Gasteiger partial charge is 0.389 e.